The van der Waals surface area contributed by atoms with E-state index in [1.54, 1.807) is 17.0 Å². The van der Waals surface area contributed by atoms with Gasteiger partial charge in [-0.25, -0.2) is 8.42 Å². The van der Waals surface area contributed by atoms with Crippen molar-refractivity contribution in [3.63, 3.8) is 0 Å². The zero-order valence-corrected chi connectivity index (χ0v) is 12.0. The number of hydrogen-bond acceptors (Lipinski definition) is 3. The van der Waals surface area contributed by atoms with E-state index in [-0.39, 0.29) is 17.2 Å². The van der Waals surface area contributed by atoms with Crippen LogP contribution in [0.2, 0.25) is 0 Å². The summed E-state index contributed by atoms with van der Waals surface area (Å²) in [7, 11) is 1.51. The number of carbonyl (C=O) groups excluding carboxylic acids is 1. The first-order valence-electron chi connectivity index (χ1n) is 5.69. The molecule has 0 N–H and O–H groups in total. The van der Waals surface area contributed by atoms with Gasteiger partial charge in [0.15, 0.2) is 0 Å². The van der Waals surface area contributed by atoms with Gasteiger partial charge in [-0.3, -0.25) is 4.79 Å². The second kappa shape index (κ2) is 6.20. The van der Waals surface area contributed by atoms with Crippen molar-refractivity contribution in [2.45, 2.75) is 25.2 Å². The van der Waals surface area contributed by atoms with E-state index in [9.17, 15) is 13.2 Å². The van der Waals surface area contributed by atoms with Crippen LogP contribution < -0.4 is 0 Å². The third kappa shape index (κ3) is 3.99. The molecule has 0 fully saturated rings. The van der Waals surface area contributed by atoms with Crippen LogP contribution in [0.4, 0.5) is 0 Å². The molecule has 0 heterocycles. The zero-order chi connectivity index (χ0) is 13.8. The smallest absolute Gasteiger partial charge is 0.261 e. The van der Waals surface area contributed by atoms with Crippen molar-refractivity contribution in [3.05, 3.63) is 29.8 Å². The number of nitrogens with zero attached hydrogens (tertiary/aromatic N) is 1. The quantitative estimate of drug-likeness (QED) is 0.779. The van der Waals surface area contributed by atoms with Crippen LogP contribution in [-0.4, -0.2) is 32.3 Å². The minimum Gasteiger partial charge on any atom is -0.343 e. The van der Waals surface area contributed by atoms with Crippen LogP contribution in [0.25, 0.3) is 0 Å². The molecule has 0 bridgehead atoms. The van der Waals surface area contributed by atoms with Crippen LogP contribution in [0.5, 0.6) is 0 Å². The van der Waals surface area contributed by atoms with E-state index in [1.165, 1.54) is 12.1 Å². The molecule has 0 radical (unpaired) electrons. The highest BCUT2D eigenvalue weighted by molar-refractivity contribution is 8.13. The average Bonchev–Trinajstić information content (AvgIpc) is 2.30. The Bertz CT molecular complexity index is 507. The van der Waals surface area contributed by atoms with Gasteiger partial charge in [-0.05, 0) is 31.5 Å². The Morgan fingerprint density at radius 3 is 2.06 bits per heavy atom. The predicted molar refractivity (Wildman–Crippen MR) is 71.1 cm³/mol. The van der Waals surface area contributed by atoms with Gasteiger partial charge in [0.2, 0.25) is 5.91 Å². The molecule has 0 saturated heterocycles. The second-order valence-corrected chi connectivity index (χ2v) is 6.39. The van der Waals surface area contributed by atoms with Crippen molar-refractivity contribution in [1.82, 2.24) is 4.90 Å². The number of hydrogen-bond donors (Lipinski definition) is 0. The average molecular weight is 290 g/mol. The van der Waals surface area contributed by atoms with Gasteiger partial charge in [0.05, 0.1) is 11.3 Å². The van der Waals surface area contributed by atoms with E-state index < -0.39 is 9.05 Å². The lowest BCUT2D eigenvalue weighted by molar-refractivity contribution is -0.130. The van der Waals surface area contributed by atoms with Gasteiger partial charge in [0.1, 0.15) is 0 Å². The van der Waals surface area contributed by atoms with E-state index in [1.807, 2.05) is 13.8 Å². The van der Waals surface area contributed by atoms with Gasteiger partial charge in [0.25, 0.3) is 9.05 Å². The number of likely N-dealkylation sites (N-methyl/N-ethyl adjacent to an activating group) is 1. The molecule has 100 valence electrons. The normalized spacial score (nSPS) is 11.3. The number of rotatable bonds is 5. The topological polar surface area (TPSA) is 54.5 Å². The van der Waals surface area contributed by atoms with E-state index in [2.05, 4.69) is 0 Å². The van der Waals surface area contributed by atoms with Crippen LogP contribution in [-0.2, 0) is 20.3 Å². The van der Waals surface area contributed by atoms with Crippen LogP contribution in [0.15, 0.2) is 29.2 Å². The van der Waals surface area contributed by atoms with E-state index in [0.29, 0.717) is 13.1 Å². The molecule has 4 nitrogen and oxygen atoms in total. The van der Waals surface area contributed by atoms with Crippen molar-refractivity contribution < 1.29 is 13.2 Å². The number of carbonyl (C=O) groups is 1. The predicted octanol–water partition coefficient (Wildman–Crippen LogP) is 2.02. The second-order valence-electron chi connectivity index (χ2n) is 3.82. The van der Waals surface area contributed by atoms with Gasteiger partial charge in [-0.15, -0.1) is 0 Å². The molecular formula is C12H16ClNO3S. The Balaban J connectivity index is 2.79. The summed E-state index contributed by atoms with van der Waals surface area (Å²) in [5.41, 5.74) is 0.774. The fourth-order valence-electron chi connectivity index (χ4n) is 1.63. The van der Waals surface area contributed by atoms with Crippen molar-refractivity contribution in [2.24, 2.45) is 0 Å². The van der Waals surface area contributed by atoms with Crippen molar-refractivity contribution >= 4 is 25.6 Å². The lowest BCUT2D eigenvalue weighted by Crippen LogP contribution is -2.31. The third-order valence-corrected chi connectivity index (χ3v) is 4.05. The summed E-state index contributed by atoms with van der Waals surface area (Å²) < 4.78 is 22.1. The molecule has 0 spiro atoms. The van der Waals surface area contributed by atoms with Crippen molar-refractivity contribution in [1.29, 1.82) is 0 Å². The molecule has 0 unspecified atom stereocenters. The maximum absolute atomic E-state index is 11.8. The molecule has 1 aromatic carbocycles. The van der Waals surface area contributed by atoms with Crippen LogP contribution in [0.1, 0.15) is 19.4 Å². The monoisotopic (exact) mass is 289 g/mol. The first-order chi connectivity index (χ1) is 8.38. The van der Waals surface area contributed by atoms with E-state index in [4.69, 9.17) is 10.7 Å². The molecule has 0 aromatic heterocycles. The molecule has 0 aliphatic heterocycles. The molecule has 1 rings (SSSR count). The minimum atomic E-state index is -3.70. The molecule has 1 aromatic rings. The highest BCUT2D eigenvalue weighted by atomic mass is 35.7. The van der Waals surface area contributed by atoms with Crippen molar-refractivity contribution in [2.75, 3.05) is 13.1 Å². The molecule has 18 heavy (non-hydrogen) atoms. The maximum Gasteiger partial charge on any atom is 0.261 e. The van der Waals surface area contributed by atoms with Gasteiger partial charge < -0.3 is 4.90 Å². The SMILES string of the molecule is CCN(CC)C(=O)Cc1ccc(S(=O)(=O)Cl)cc1. The lowest BCUT2D eigenvalue weighted by atomic mass is 10.1. The number of halogens is 1. The van der Waals surface area contributed by atoms with Gasteiger partial charge in [0, 0.05) is 23.8 Å². The Morgan fingerprint density at radius 2 is 1.67 bits per heavy atom. The Labute approximate surface area is 112 Å². The summed E-state index contributed by atoms with van der Waals surface area (Å²) in [5.74, 6) is 0.0291. The van der Waals surface area contributed by atoms with E-state index >= 15 is 0 Å². The van der Waals surface area contributed by atoms with Gasteiger partial charge >= 0.3 is 0 Å². The largest absolute Gasteiger partial charge is 0.343 e. The fourth-order valence-corrected chi connectivity index (χ4v) is 2.40. The summed E-state index contributed by atoms with van der Waals surface area (Å²) in [6.45, 7) is 5.18. The standard InChI is InChI=1S/C12H16ClNO3S/c1-3-14(4-2)12(15)9-10-5-7-11(8-6-10)18(13,16)17/h5-8H,3-4,9H2,1-2H3. The number of benzene rings is 1. The maximum atomic E-state index is 11.8. The Hall–Kier alpha value is -1.07. The minimum absolute atomic E-state index is 0.0291. The summed E-state index contributed by atoms with van der Waals surface area (Å²) in [6, 6.07) is 6.04. The Morgan fingerprint density at radius 1 is 1.17 bits per heavy atom. The molecule has 0 aliphatic rings. The summed E-state index contributed by atoms with van der Waals surface area (Å²) in [6.07, 6.45) is 0.268. The zero-order valence-electron chi connectivity index (χ0n) is 10.4. The number of amides is 1. The molecule has 6 heteroatoms. The lowest BCUT2D eigenvalue weighted by Gasteiger charge is -2.18. The fraction of sp³-hybridized carbons (Fsp3) is 0.417. The first kappa shape index (κ1) is 15.0. The highest BCUT2D eigenvalue weighted by Gasteiger charge is 2.12. The molecular weight excluding hydrogens is 274 g/mol. The molecule has 0 aliphatic carbocycles. The van der Waals surface area contributed by atoms with Crippen LogP contribution in [0, 0.1) is 0 Å². The van der Waals surface area contributed by atoms with E-state index in [0.717, 1.165) is 5.56 Å². The molecule has 0 saturated carbocycles. The van der Waals surface area contributed by atoms with Gasteiger partial charge in [-0.1, -0.05) is 12.1 Å². The third-order valence-electron chi connectivity index (χ3n) is 2.68. The molecule has 0 atom stereocenters. The van der Waals surface area contributed by atoms with Crippen LogP contribution >= 0.6 is 10.7 Å². The summed E-state index contributed by atoms with van der Waals surface area (Å²) >= 11 is 0. The van der Waals surface area contributed by atoms with Crippen molar-refractivity contribution in [3.8, 4) is 0 Å². The Kier molecular flexibility index (Phi) is 5.16. The molecule has 1 amide bonds. The summed E-state index contributed by atoms with van der Waals surface area (Å²) in [4.78, 5) is 13.6. The van der Waals surface area contributed by atoms with Gasteiger partial charge in [-0.2, -0.15) is 0 Å². The first-order valence-corrected chi connectivity index (χ1v) is 8.00. The summed E-state index contributed by atoms with van der Waals surface area (Å²) in [5, 5.41) is 0. The van der Waals surface area contributed by atoms with Crippen LogP contribution in [0.3, 0.4) is 0 Å². The highest BCUT2D eigenvalue weighted by Crippen LogP contribution is 2.15.